The van der Waals surface area contributed by atoms with E-state index in [-0.39, 0.29) is 23.6 Å². The number of carbonyl (C=O) groups excluding carboxylic acids is 3. The van der Waals surface area contributed by atoms with Crippen LogP contribution in [0.5, 0.6) is 0 Å². The Balaban J connectivity index is 2.20. The van der Waals surface area contributed by atoms with Gasteiger partial charge in [-0.2, -0.15) is 0 Å². The van der Waals surface area contributed by atoms with E-state index in [1.807, 2.05) is 0 Å². The zero-order valence-electron chi connectivity index (χ0n) is 15.8. The first-order valence-corrected chi connectivity index (χ1v) is 9.04. The van der Waals surface area contributed by atoms with E-state index in [4.69, 9.17) is 14.2 Å². The number of carbonyl (C=O) groups is 3. The summed E-state index contributed by atoms with van der Waals surface area (Å²) in [7, 11) is 1.26. The van der Waals surface area contributed by atoms with Crippen molar-refractivity contribution in [1.29, 1.82) is 0 Å². The largest absolute Gasteiger partial charge is 0.466 e. The van der Waals surface area contributed by atoms with E-state index in [2.05, 4.69) is 12.2 Å². The standard InChI is InChI=1S/C19H27NO6/c1-5-7-8-9-25-18(23)15-14(17(22)24-4)16-12(10-19(15,3)26-16)11-20-13(21)6-2/h10,16H,5-9,11H2,1-4H3,(H,20,21). The number of unbranched alkanes of at least 4 members (excludes halogenated alkanes) is 2. The van der Waals surface area contributed by atoms with Gasteiger partial charge in [-0.15, -0.1) is 0 Å². The number of hydrogen-bond acceptors (Lipinski definition) is 6. The third kappa shape index (κ3) is 3.98. The van der Waals surface area contributed by atoms with Crippen LogP contribution in [0, 0.1) is 0 Å². The summed E-state index contributed by atoms with van der Waals surface area (Å²) in [6, 6.07) is 0. The molecular formula is C19H27NO6. The first-order chi connectivity index (χ1) is 12.4. The molecule has 0 aromatic rings. The smallest absolute Gasteiger partial charge is 0.337 e. The van der Waals surface area contributed by atoms with Crippen molar-refractivity contribution in [3.63, 3.8) is 0 Å². The van der Waals surface area contributed by atoms with Crippen LogP contribution in [0.1, 0.15) is 46.5 Å². The predicted octanol–water partition coefficient (Wildman–Crippen LogP) is 1.81. The molecule has 2 aliphatic rings. The molecule has 1 amide bonds. The molecule has 26 heavy (non-hydrogen) atoms. The number of nitrogens with one attached hydrogen (secondary N) is 1. The monoisotopic (exact) mass is 365 g/mol. The Morgan fingerprint density at radius 3 is 2.58 bits per heavy atom. The normalized spacial score (nSPS) is 23.7. The molecule has 2 aliphatic heterocycles. The molecule has 7 nitrogen and oxygen atoms in total. The summed E-state index contributed by atoms with van der Waals surface area (Å²) in [5.41, 5.74) is 0.0369. The molecule has 1 N–H and O–H groups in total. The topological polar surface area (TPSA) is 90.9 Å². The minimum atomic E-state index is -1.05. The van der Waals surface area contributed by atoms with Crippen LogP contribution in [0.25, 0.3) is 0 Å². The lowest BCUT2D eigenvalue weighted by atomic mass is 9.84. The van der Waals surface area contributed by atoms with Crippen molar-refractivity contribution in [2.75, 3.05) is 20.3 Å². The Labute approximate surface area is 153 Å². The number of methoxy groups -OCH3 is 1. The second-order valence-electron chi connectivity index (χ2n) is 6.58. The summed E-state index contributed by atoms with van der Waals surface area (Å²) in [6.07, 6.45) is 4.20. The molecule has 2 rings (SSSR count). The SMILES string of the molecule is CCCCCOC(=O)C1=C(C(=O)OC)C2OC1(C)C=C2CNC(=O)CC. The fraction of sp³-hybridized carbons (Fsp3) is 0.632. The molecule has 0 aliphatic carbocycles. The highest BCUT2D eigenvalue weighted by Crippen LogP contribution is 2.47. The maximum atomic E-state index is 12.6. The Hall–Kier alpha value is -2.15. The van der Waals surface area contributed by atoms with Crippen molar-refractivity contribution in [1.82, 2.24) is 5.32 Å². The second kappa shape index (κ2) is 8.49. The molecule has 144 valence electrons. The van der Waals surface area contributed by atoms with Gasteiger partial charge >= 0.3 is 11.9 Å². The lowest BCUT2D eigenvalue weighted by Crippen LogP contribution is -2.32. The van der Waals surface area contributed by atoms with Crippen molar-refractivity contribution in [3.8, 4) is 0 Å². The van der Waals surface area contributed by atoms with Gasteiger partial charge in [-0.3, -0.25) is 4.79 Å². The number of hydrogen-bond donors (Lipinski definition) is 1. The summed E-state index contributed by atoms with van der Waals surface area (Å²) >= 11 is 0. The summed E-state index contributed by atoms with van der Waals surface area (Å²) in [4.78, 5) is 36.4. The van der Waals surface area contributed by atoms with Gasteiger partial charge in [0.2, 0.25) is 5.91 Å². The van der Waals surface area contributed by atoms with Crippen LogP contribution in [0.3, 0.4) is 0 Å². The van der Waals surface area contributed by atoms with Gasteiger partial charge in [-0.1, -0.05) is 26.7 Å². The molecule has 0 aromatic heterocycles. The third-order valence-electron chi connectivity index (χ3n) is 4.59. The molecule has 0 fully saturated rings. The van der Waals surface area contributed by atoms with Crippen LogP contribution in [-0.4, -0.2) is 49.8 Å². The fourth-order valence-electron chi connectivity index (χ4n) is 3.25. The van der Waals surface area contributed by atoms with Gasteiger partial charge < -0.3 is 19.5 Å². The minimum Gasteiger partial charge on any atom is -0.466 e. The highest BCUT2D eigenvalue weighted by molar-refractivity contribution is 6.05. The van der Waals surface area contributed by atoms with E-state index >= 15 is 0 Å². The van der Waals surface area contributed by atoms with Gasteiger partial charge in [0.1, 0.15) is 11.7 Å². The highest BCUT2D eigenvalue weighted by Gasteiger charge is 2.54. The number of rotatable bonds is 9. The number of fused-ring (bicyclic) bond motifs is 2. The van der Waals surface area contributed by atoms with Gasteiger partial charge in [0.15, 0.2) is 0 Å². The maximum Gasteiger partial charge on any atom is 0.337 e. The Morgan fingerprint density at radius 1 is 1.23 bits per heavy atom. The van der Waals surface area contributed by atoms with Crippen molar-refractivity contribution < 1.29 is 28.6 Å². The molecule has 0 saturated heterocycles. The van der Waals surface area contributed by atoms with E-state index in [9.17, 15) is 14.4 Å². The third-order valence-corrected chi connectivity index (χ3v) is 4.59. The van der Waals surface area contributed by atoms with Crippen LogP contribution < -0.4 is 5.32 Å². The highest BCUT2D eigenvalue weighted by atomic mass is 16.6. The van der Waals surface area contributed by atoms with Crippen LogP contribution in [0.15, 0.2) is 22.8 Å². The van der Waals surface area contributed by atoms with Gasteiger partial charge in [-0.05, 0) is 25.0 Å². The zero-order valence-corrected chi connectivity index (χ0v) is 15.8. The Kier molecular flexibility index (Phi) is 6.58. The van der Waals surface area contributed by atoms with Gasteiger partial charge in [0.05, 0.1) is 24.9 Å². The molecule has 2 bridgehead atoms. The van der Waals surface area contributed by atoms with Crippen LogP contribution in [0.2, 0.25) is 0 Å². The average Bonchev–Trinajstić information content (AvgIpc) is 3.12. The van der Waals surface area contributed by atoms with E-state index < -0.39 is 23.6 Å². The molecule has 0 saturated carbocycles. The lowest BCUT2D eigenvalue weighted by molar-refractivity contribution is -0.141. The maximum absolute atomic E-state index is 12.6. The predicted molar refractivity (Wildman–Crippen MR) is 94.2 cm³/mol. The minimum absolute atomic E-state index is 0.0991. The Morgan fingerprint density at radius 2 is 1.96 bits per heavy atom. The zero-order chi connectivity index (χ0) is 19.3. The molecule has 7 heteroatoms. The number of ether oxygens (including phenoxy) is 3. The number of esters is 2. The lowest BCUT2D eigenvalue weighted by Gasteiger charge is -2.21. The molecular weight excluding hydrogens is 338 g/mol. The van der Waals surface area contributed by atoms with E-state index in [1.54, 1.807) is 19.9 Å². The van der Waals surface area contributed by atoms with Crippen molar-refractivity contribution in [3.05, 3.63) is 22.8 Å². The van der Waals surface area contributed by atoms with E-state index in [1.165, 1.54) is 7.11 Å². The molecule has 0 aromatic carbocycles. The molecule has 0 spiro atoms. The van der Waals surface area contributed by atoms with Crippen molar-refractivity contribution >= 4 is 17.8 Å². The molecule has 2 unspecified atom stereocenters. The van der Waals surface area contributed by atoms with Crippen molar-refractivity contribution in [2.24, 2.45) is 0 Å². The molecule has 0 radical (unpaired) electrons. The Bertz CT molecular complexity index is 650. The summed E-state index contributed by atoms with van der Waals surface area (Å²) in [6.45, 7) is 6.09. The van der Waals surface area contributed by atoms with Crippen LogP contribution >= 0.6 is 0 Å². The van der Waals surface area contributed by atoms with Crippen LogP contribution in [0.4, 0.5) is 0 Å². The first kappa shape index (κ1) is 20.2. The average molecular weight is 365 g/mol. The fourth-order valence-corrected chi connectivity index (χ4v) is 3.25. The van der Waals surface area contributed by atoms with Gasteiger partial charge in [-0.25, -0.2) is 9.59 Å². The summed E-state index contributed by atoms with van der Waals surface area (Å²) < 4.78 is 16.1. The van der Waals surface area contributed by atoms with Gasteiger partial charge in [0, 0.05) is 13.0 Å². The van der Waals surface area contributed by atoms with Crippen molar-refractivity contribution in [2.45, 2.75) is 58.2 Å². The van der Waals surface area contributed by atoms with E-state index in [0.717, 1.165) is 24.8 Å². The van der Waals surface area contributed by atoms with Crippen LogP contribution in [-0.2, 0) is 28.6 Å². The second-order valence-corrected chi connectivity index (χ2v) is 6.58. The van der Waals surface area contributed by atoms with E-state index in [0.29, 0.717) is 13.0 Å². The quantitative estimate of drug-likeness (QED) is 0.381. The first-order valence-electron chi connectivity index (χ1n) is 9.04. The molecule has 2 heterocycles. The summed E-state index contributed by atoms with van der Waals surface area (Å²) in [5, 5.41) is 2.77. The van der Waals surface area contributed by atoms with Gasteiger partial charge in [0.25, 0.3) is 0 Å². The summed E-state index contributed by atoms with van der Waals surface area (Å²) in [5.74, 6) is -1.27. The number of amides is 1. The molecule has 2 atom stereocenters.